The van der Waals surface area contributed by atoms with E-state index < -0.39 is 5.82 Å². The Labute approximate surface area is 226 Å². The van der Waals surface area contributed by atoms with Crippen LogP contribution in [0, 0.1) is 32.5 Å². The summed E-state index contributed by atoms with van der Waals surface area (Å²) in [4.78, 5) is 20.8. The first-order valence-electron chi connectivity index (χ1n) is 12.5. The summed E-state index contributed by atoms with van der Waals surface area (Å²) in [5.41, 5.74) is 10.4. The van der Waals surface area contributed by atoms with Crippen molar-refractivity contribution in [1.29, 1.82) is 0 Å². The maximum Gasteiger partial charge on any atom is 0.273 e. The van der Waals surface area contributed by atoms with E-state index in [1.807, 2.05) is 11.0 Å². The molecule has 2 aromatic carbocycles. The number of thiazole rings is 1. The normalized spacial score (nSPS) is 13.9. The van der Waals surface area contributed by atoms with E-state index >= 15 is 0 Å². The van der Waals surface area contributed by atoms with Crippen LogP contribution in [0.15, 0.2) is 36.5 Å². The second-order valence-corrected chi connectivity index (χ2v) is 10.9. The fourth-order valence-electron chi connectivity index (χ4n) is 4.18. The number of rotatable bonds is 12. The van der Waals surface area contributed by atoms with Gasteiger partial charge in [0.25, 0.3) is 5.19 Å². The summed E-state index contributed by atoms with van der Waals surface area (Å²) in [6.07, 6.45) is 4.30. The Morgan fingerprint density at radius 3 is 2.68 bits per heavy atom. The smallest absolute Gasteiger partial charge is 0.273 e. The molecule has 0 radical (unpaired) electrons. The quantitative estimate of drug-likeness (QED) is 0.299. The van der Waals surface area contributed by atoms with Gasteiger partial charge >= 0.3 is 0 Å². The number of aromatic nitrogens is 1. The van der Waals surface area contributed by atoms with Crippen LogP contribution < -0.4 is 15.2 Å². The van der Waals surface area contributed by atoms with Gasteiger partial charge < -0.3 is 20.1 Å². The number of ether oxygens (including phenoxy) is 2. The topological polar surface area (TPSA) is 77.7 Å². The van der Waals surface area contributed by atoms with Crippen molar-refractivity contribution in [2.24, 2.45) is 11.7 Å². The van der Waals surface area contributed by atoms with Crippen molar-refractivity contribution >= 4 is 28.8 Å². The molecule has 1 aliphatic carbocycles. The Morgan fingerprint density at radius 1 is 1.19 bits per heavy atom. The molecule has 1 heterocycles. The fourth-order valence-corrected chi connectivity index (χ4v) is 5.24. The summed E-state index contributed by atoms with van der Waals surface area (Å²) in [6.45, 7) is 7.16. The van der Waals surface area contributed by atoms with E-state index in [1.165, 1.54) is 34.1 Å². The first kappa shape index (κ1) is 27.4. The minimum atomic E-state index is -0.512. The Kier molecular flexibility index (Phi) is 9.05. The molecule has 1 atom stereocenters. The average molecular weight is 546 g/mol. The van der Waals surface area contributed by atoms with Crippen LogP contribution in [-0.4, -0.2) is 41.6 Å². The van der Waals surface area contributed by atoms with Gasteiger partial charge in [-0.1, -0.05) is 47.2 Å². The lowest BCUT2D eigenvalue weighted by Crippen LogP contribution is -2.41. The molecule has 1 fully saturated rings. The van der Waals surface area contributed by atoms with Gasteiger partial charge in [0, 0.05) is 30.2 Å². The summed E-state index contributed by atoms with van der Waals surface area (Å²) >= 11 is 7.51. The SMILES string of the molecule is Cc1cccc(CN(C(=O)C(CN)Cc2cnc(OCCOc3c(F)ccc(C)c3Cl)s2)C2CC2)c1C. The Morgan fingerprint density at radius 2 is 1.95 bits per heavy atom. The second-order valence-electron chi connectivity index (χ2n) is 9.49. The molecule has 1 aliphatic rings. The molecule has 0 bridgehead atoms. The lowest BCUT2D eigenvalue weighted by molar-refractivity contribution is -0.136. The van der Waals surface area contributed by atoms with Gasteiger partial charge in [0.05, 0.1) is 10.9 Å². The summed E-state index contributed by atoms with van der Waals surface area (Å²) < 4.78 is 25.1. The molecule has 1 unspecified atom stereocenters. The molecule has 4 rings (SSSR count). The Hall–Kier alpha value is -2.68. The minimum Gasteiger partial charge on any atom is -0.485 e. The number of carbonyl (C=O) groups is 1. The molecular weight excluding hydrogens is 513 g/mol. The highest BCUT2D eigenvalue weighted by Crippen LogP contribution is 2.33. The number of hydrogen-bond acceptors (Lipinski definition) is 6. The molecule has 37 heavy (non-hydrogen) atoms. The van der Waals surface area contributed by atoms with Crippen LogP contribution in [0.3, 0.4) is 0 Å². The number of amides is 1. The third kappa shape index (κ3) is 6.80. The van der Waals surface area contributed by atoms with E-state index in [0.29, 0.717) is 18.2 Å². The van der Waals surface area contributed by atoms with Crippen LogP contribution in [0.1, 0.15) is 40.0 Å². The molecule has 0 spiro atoms. The van der Waals surface area contributed by atoms with Crippen molar-refractivity contribution in [3.63, 3.8) is 0 Å². The molecule has 0 aliphatic heterocycles. The first-order valence-corrected chi connectivity index (χ1v) is 13.7. The highest BCUT2D eigenvalue weighted by molar-refractivity contribution is 7.13. The van der Waals surface area contributed by atoms with E-state index in [4.69, 9.17) is 26.8 Å². The first-order chi connectivity index (χ1) is 17.8. The van der Waals surface area contributed by atoms with Crippen molar-refractivity contribution < 1.29 is 18.7 Å². The van der Waals surface area contributed by atoms with Gasteiger partial charge in [0.1, 0.15) is 13.2 Å². The number of hydrogen-bond donors (Lipinski definition) is 1. The van der Waals surface area contributed by atoms with Crippen molar-refractivity contribution in [2.75, 3.05) is 19.8 Å². The second kappa shape index (κ2) is 12.2. The lowest BCUT2D eigenvalue weighted by atomic mass is 10.00. The molecule has 1 saturated carbocycles. The number of benzene rings is 2. The molecular formula is C28H33ClFN3O3S. The predicted molar refractivity (Wildman–Crippen MR) is 145 cm³/mol. The fraction of sp³-hybridized carbons (Fsp3) is 0.429. The van der Waals surface area contributed by atoms with Gasteiger partial charge in [-0.3, -0.25) is 4.79 Å². The monoisotopic (exact) mass is 545 g/mol. The van der Waals surface area contributed by atoms with Gasteiger partial charge in [0.2, 0.25) is 5.91 Å². The molecule has 198 valence electrons. The molecule has 1 amide bonds. The van der Waals surface area contributed by atoms with Gasteiger partial charge in [-0.25, -0.2) is 9.37 Å². The number of nitrogens with zero attached hydrogens (tertiary/aromatic N) is 2. The van der Waals surface area contributed by atoms with Crippen LogP contribution in [0.5, 0.6) is 10.9 Å². The Balaban J connectivity index is 1.32. The standard InChI is InChI=1S/C28H33ClFN3O3S/c1-17-5-4-6-20(19(17)3)16-33(22-8-9-22)27(34)21(14-31)13-23-15-32-28(37-23)36-12-11-35-26-24(30)10-7-18(2)25(26)29/h4-7,10,15,21-22H,8-9,11-14,16,31H2,1-3H3. The number of carbonyl (C=O) groups excluding carboxylic acids is 1. The van der Waals surface area contributed by atoms with Crippen LogP contribution >= 0.6 is 22.9 Å². The molecule has 3 aromatic rings. The maximum absolute atomic E-state index is 14.0. The van der Waals surface area contributed by atoms with Crippen LogP contribution in [0.25, 0.3) is 0 Å². The van der Waals surface area contributed by atoms with Crippen LogP contribution in [0.2, 0.25) is 5.02 Å². The van der Waals surface area contributed by atoms with E-state index in [9.17, 15) is 9.18 Å². The van der Waals surface area contributed by atoms with Gasteiger partial charge in [0.15, 0.2) is 11.6 Å². The van der Waals surface area contributed by atoms with E-state index in [-0.39, 0.29) is 48.4 Å². The third-order valence-corrected chi connectivity index (χ3v) is 8.14. The highest BCUT2D eigenvalue weighted by atomic mass is 35.5. The number of halogens is 2. The largest absolute Gasteiger partial charge is 0.485 e. The van der Waals surface area contributed by atoms with E-state index in [1.54, 1.807) is 19.2 Å². The number of nitrogens with two attached hydrogens (primary N) is 1. The zero-order valence-corrected chi connectivity index (χ0v) is 23.0. The third-order valence-electron chi connectivity index (χ3n) is 6.74. The molecule has 0 saturated heterocycles. The zero-order chi connectivity index (χ0) is 26.5. The van der Waals surface area contributed by atoms with E-state index in [2.05, 4.69) is 31.0 Å². The van der Waals surface area contributed by atoms with Crippen molar-refractivity contribution in [2.45, 2.75) is 52.6 Å². The zero-order valence-electron chi connectivity index (χ0n) is 21.4. The van der Waals surface area contributed by atoms with Gasteiger partial charge in [-0.2, -0.15) is 0 Å². The molecule has 6 nitrogen and oxygen atoms in total. The summed E-state index contributed by atoms with van der Waals surface area (Å²) in [5, 5.41) is 0.721. The number of aryl methyl sites for hydroxylation is 2. The summed E-state index contributed by atoms with van der Waals surface area (Å²) in [7, 11) is 0. The summed E-state index contributed by atoms with van der Waals surface area (Å²) in [5.74, 6) is -0.723. The van der Waals surface area contributed by atoms with Crippen molar-refractivity contribution in [1.82, 2.24) is 9.88 Å². The molecule has 1 aromatic heterocycles. The van der Waals surface area contributed by atoms with Gasteiger partial charge in [-0.05, 0) is 68.4 Å². The molecule has 2 N–H and O–H groups in total. The minimum absolute atomic E-state index is 0.0236. The molecule has 9 heteroatoms. The average Bonchev–Trinajstić information content (AvgIpc) is 3.63. The Bertz CT molecular complexity index is 1250. The van der Waals surface area contributed by atoms with E-state index in [0.717, 1.165) is 23.3 Å². The van der Waals surface area contributed by atoms with Crippen LogP contribution in [0.4, 0.5) is 4.39 Å². The maximum atomic E-state index is 14.0. The lowest BCUT2D eigenvalue weighted by Gasteiger charge is -2.27. The van der Waals surface area contributed by atoms with Crippen molar-refractivity contribution in [3.8, 4) is 10.9 Å². The summed E-state index contributed by atoms with van der Waals surface area (Å²) in [6, 6.07) is 9.45. The van der Waals surface area contributed by atoms with Crippen molar-refractivity contribution in [3.05, 3.63) is 74.5 Å². The van der Waals surface area contributed by atoms with Gasteiger partial charge in [-0.15, -0.1) is 0 Å². The van der Waals surface area contributed by atoms with Crippen LogP contribution in [-0.2, 0) is 17.8 Å². The predicted octanol–water partition coefficient (Wildman–Crippen LogP) is 5.63. The highest BCUT2D eigenvalue weighted by Gasteiger charge is 2.36.